The molecule has 9 nitrogen and oxygen atoms in total. The van der Waals surface area contributed by atoms with Crippen LogP contribution in [0.3, 0.4) is 0 Å². The van der Waals surface area contributed by atoms with Gasteiger partial charge in [0.1, 0.15) is 6.54 Å². The number of benzene rings is 2. The van der Waals surface area contributed by atoms with Crippen molar-refractivity contribution in [2.45, 2.75) is 13.3 Å². The third-order valence-corrected chi connectivity index (χ3v) is 5.29. The number of imide groups is 1. The van der Waals surface area contributed by atoms with Crippen molar-refractivity contribution in [2.24, 2.45) is 0 Å². The lowest BCUT2D eigenvalue weighted by Crippen LogP contribution is -2.34. The van der Waals surface area contributed by atoms with Crippen LogP contribution in [0.5, 0.6) is 5.75 Å². The predicted octanol–water partition coefficient (Wildman–Crippen LogP) is 3.49. The van der Waals surface area contributed by atoms with Gasteiger partial charge in [0.05, 0.1) is 16.4 Å². The van der Waals surface area contributed by atoms with Gasteiger partial charge in [-0.1, -0.05) is 30.3 Å². The summed E-state index contributed by atoms with van der Waals surface area (Å²) in [4.78, 5) is 47.7. The number of hydrogen-bond acceptors (Lipinski definition) is 8. The molecular formula is C21H18N2O7S. The second-order valence-corrected chi connectivity index (χ2v) is 7.54. The van der Waals surface area contributed by atoms with E-state index in [-0.39, 0.29) is 17.1 Å². The normalized spacial score (nSPS) is 14.9. The van der Waals surface area contributed by atoms with Crippen LogP contribution in [0.15, 0.2) is 47.4 Å². The van der Waals surface area contributed by atoms with Crippen molar-refractivity contribution < 1.29 is 29.2 Å². The predicted molar refractivity (Wildman–Crippen MR) is 113 cm³/mol. The molecule has 2 aromatic rings. The highest BCUT2D eigenvalue weighted by atomic mass is 32.2. The number of aromatic hydroxyl groups is 1. The number of nitro benzene ring substituents is 1. The first-order valence-corrected chi connectivity index (χ1v) is 10.1. The topological polar surface area (TPSA) is 127 Å². The van der Waals surface area contributed by atoms with Crippen molar-refractivity contribution in [3.63, 3.8) is 0 Å². The van der Waals surface area contributed by atoms with Gasteiger partial charge < -0.3 is 9.84 Å². The minimum absolute atomic E-state index is 0.0294. The lowest BCUT2D eigenvalue weighted by molar-refractivity contribution is -0.385. The third kappa shape index (κ3) is 5.10. The minimum atomic E-state index is -0.737. The molecule has 0 aromatic heterocycles. The van der Waals surface area contributed by atoms with Gasteiger partial charge in [-0.15, -0.1) is 0 Å². The Bertz CT molecular complexity index is 1080. The van der Waals surface area contributed by atoms with E-state index in [0.29, 0.717) is 23.7 Å². The van der Waals surface area contributed by atoms with Gasteiger partial charge in [-0.3, -0.25) is 29.4 Å². The summed E-state index contributed by atoms with van der Waals surface area (Å²) >= 11 is 0.579. The Kier molecular flexibility index (Phi) is 6.71. The molecule has 0 saturated carbocycles. The number of ether oxygens (including phenoxy) is 1. The molecule has 1 fully saturated rings. The highest BCUT2D eigenvalue weighted by molar-refractivity contribution is 8.18. The molecule has 0 bridgehead atoms. The van der Waals surface area contributed by atoms with Crippen LogP contribution in [0.1, 0.15) is 23.6 Å². The molecule has 1 heterocycles. The number of thioether (sulfide) groups is 1. The van der Waals surface area contributed by atoms with Crippen LogP contribution in [0.4, 0.5) is 10.5 Å². The minimum Gasteiger partial charge on any atom is -0.502 e. The Morgan fingerprint density at radius 2 is 1.94 bits per heavy atom. The fourth-order valence-electron chi connectivity index (χ4n) is 3.00. The smallest absolute Gasteiger partial charge is 0.326 e. The maximum absolute atomic E-state index is 12.6. The van der Waals surface area contributed by atoms with E-state index >= 15 is 0 Å². The van der Waals surface area contributed by atoms with Crippen LogP contribution in [0.2, 0.25) is 0 Å². The van der Waals surface area contributed by atoms with E-state index in [0.717, 1.165) is 10.5 Å². The largest absolute Gasteiger partial charge is 0.502 e. The molecule has 1 aliphatic rings. The number of carbonyl (C=O) groups is 3. The van der Waals surface area contributed by atoms with Crippen molar-refractivity contribution in [3.05, 3.63) is 74.2 Å². The van der Waals surface area contributed by atoms with E-state index in [1.807, 2.05) is 30.3 Å². The van der Waals surface area contributed by atoms with Crippen molar-refractivity contribution in [2.75, 3.05) is 13.2 Å². The molecule has 0 spiro atoms. The fraction of sp³-hybridized carbons (Fsp3) is 0.190. The maximum Gasteiger partial charge on any atom is 0.326 e. The first-order valence-electron chi connectivity index (χ1n) is 9.25. The fourth-order valence-corrected chi connectivity index (χ4v) is 3.83. The van der Waals surface area contributed by atoms with Gasteiger partial charge in [-0.25, -0.2) is 0 Å². The summed E-state index contributed by atoms with van der Waals surface area (Å²) in [6.45, 7) is 1.18. The molecule has 0 aliphatic carbocycles. The molecule has 31 heavy (non-hydrogen) atoms. The van der Waals surface area contributed by atoms with Crippen molar-refractivity contribution in [3.8, 4) is 5.75 Å². The zero-order valence-corrected chi connectivity index (χ0v) is 17.3. The Hall–Kier alpha value is -3.66. The van der Waals surface area contributed by atoms with E-state index in [1.54, 1.807) is 6.92 Å². The van der Waals surface area contributed by atoms with Gasteiger partial charge in [0, 0.05) is 11.6 Å². The number of carbonyl (C=O) groups excluding carboxylic acids is 3. The van der Waals surface area contributed by atoms with E-state index in [4.69, 9.17) is 4.74 Å². The van der Waals surface area contributed by atoms with Gasteiger partial charge >= 0.3 is 11.7 Å². The molecule has 3 rings (SSSR count). The van der Waals surface area contributed by atoms with Gasteiger partial charge in [-0.05, 0) is 48.4 Å². The summed E-state index contributed by atoms with van der Waals surface area (Å²) < 4.78 is 4.76. The number of phenols is 1. The Morgan fingerprint density at radius 1 is 1.23 bits per heavy atom. The summed E-state index contributed by atoms with van der Waals surface area (Å²) in [7, 11) is 0. The third-order valence-electron chi connectivity index (χ3n) is 4.38. The lowest BCUT2D eigenvalue weighted by atomic mass is 10.0. The van der Waals surface area contributed by atoms with E-state index in [9.17, 15) is 29.6 Å². The second-order valence-electron chi connectivity index (χ2n) is 6.55. The highest BCUT2D eigenvalue weighted by Gasteiger charge is 2.37. The molecule has 0 unspecified atom stereocenters. The van der Waals surface area contributed by atoms with E-state index < -0.39 is 40.0 Å². The molecule has 160 valence electrons. The average molecular weight is 442 g/mol. The molecule has 0 atom stereocenters. The summed E-state index contributed by atoms with van der Waals surface area (Å²) in [5.74, 6) is -2.08. The van der Waals surface area contributed by atoms with Crippen molar-refractivity contribution in [1.29, 1.82) is 0 Å². The number of esters is 1. The summed E-state index contributed by atoms with van der Waals surface area (Å²) in [5, 5.41) is 21.1. The Labute approximate surface area is 181 Å². The number of rotatable bonds is 7. The summed E-state index contributed by atoms with van der Waals surface area (Å²) in [5.41, 5.74) is 0.975. The average Bonchev–Trinajstić information content (AvgIpc) is 2.98. The number of hydrogen-bond donors (Lipinski definition) is 1. The van der Waals surface area contributed by atoms with Gasteiger partial charge in [0.25, 0.3) is 11.1 Å². The number of nitrogens with zero attached hydrogens (tertiary/aromatic N) is 2. The summed E-state index contributed by atoms with van der Waals surface area (Å²) in [6, 6.07) is 12.0. The number of amides is 2. The lowest BCUT2D eigenvalue weighted by Gasteiger charge is -2.11. The first kappa shape index (κ1) is 22.0. The van der Waals surface area contributed by atoms with Crippen LogP contribution >= 0.6 is 11.8 Å². The van der Waals surface area contributed by atoms with E-state index in [1.165, 1.54) is 18.2 Å². The van der Waals surface area contributed by atoms with Gasteiger partial charge in [0.2, 0.25) is 5.75 Å². The van der Waals surface area contributed by atoms with Crippen LogP contribution in [-0.2, 0) is 20.7 Å². The van der Waals surface area contributed by atoms with E-state index in [2.05, 4.69) is 0 Å². The van der Waals surface area contributed by atoms with Crippen molar-refractivity contribution >= 4 is 40.6 Å². The van der Waals surface area contributed by atoms with Gasteiger partial charge in [0.15, 0.2) is 0 Å². The Morgan fingerprint density at radius 3 is 2.58 bits per heavy atom. The molecule has 2 aromatic carbocycles. The Balaban J connectivity index is 1.95. The summed E-state index contributed by atoms with van der Waals surface area (Å²) in [6.07, 6.45) is 1.58. The molecule has 1 N–H and O–H groups in total. The molecular weight excluding hydrogens is 424 g/mol. The zero-order chi connectivity index (χ0) is 22.5. The number of phenolic OH excluding ortho intramolecular Hbond substituents is 1. The van der Waals surface area contributed by atoms with Gasteiger partial charge in [-0.2, -0.15) is 0 Å². The van der Waals surface area contributed by atoms with Crippen LogP contribution in [-0.4, -0.2) is 45.2 Å². The zero-order valence-electron chi connectivity index (χ0n) is 16.4. The SMILES string of the molecule is CCOC(=O)CN1C(=O)S/C(=C\c2cc(Cc3ccccc3)cc([N+](=O)[O-])c2O)C1=O. The molecule has 1 saturated heterocycles. The van der Waals surface area contributed by atoms with Crippen LogP contribution in [0.25, 0.3) is 6.08 Å². The molecule has 0 radical (unpaired) electrons. The maximum atomic E-state index is 12.6. The standard InChI is InChI=1S/C21H18N2O7S/c1-2-30-18(24)12-22-20(26)17(31-21(22)27)11-15-9-14(8-13-6-4-3-5-7-13)10-16(19(15)25)23(28)29/h3-7,9-11,25H,2,8,12H2,1H3/b17-11-. The first-order chi connectivity index (χ1) is 14.8. The molecule has 10 heteroatoms. The highest BCUT2D eigenvalue weighted by Crippen LogP contribution is 2.37. The number of nitro groups is 1. The van der Waals surface area contributed by atoms with Crippen LogP contribution in [0, 0.1) is 10.1 Å². The molecule has 2 amide bonds. The van der Waals surface area contributed by atoms with Crippen LogP contribution < -0.4 is 0 Å². The van der Waals surface area contributed by atoms with Crippen molar-refractivity contribution in [1.82, 2.24) is 4.90 Å². The quantitative estimate of drug-likeness (QED) is 0.299. The monoisotopic (exact) mass is 442 g/mol. The molecule has 1 aliphatic heterocycles. The second kappa shape index (κ2) is 9.43.